The molecule has 1 aromatic heterocycles. The number of likely N-dealkylation sites (N-methyl/N-ethyl adjacent to an activating group) is 1. The van der Waals surface area contributed by atoms with Gasteiger partial charge in [0.05, 0.1) is 15.9 Å². The van der Waals surface area contributed by atoms with Crippen LogP contribution in [0.25, 0.3) is 0 Å². The van der Waals surface area contributed by atoms with Crippen molar-refractivity contribution in [3.8, 4) is 0 Å². The molecule has 108 valence electrons. The lowest BCUT2D eigenvalue weighted by Crippen LogP contribution is -2.39. The highest BCUT2D eigenvalue weighted by Crippen LogP contribution is 2.24. The highest BCUT2D eigenvalue weighted by molar-refractivity contribution is 9.10. The summed E-state index contributed by atoms with van der Waals surface area (Å²) in [6, 6.07) is 0.648. The number of aryl methyl sites for hydroxylation is 2. The molecule has 5 heteroatoms. The Hall–Kier alpha value is -0.390. The van der Waals surface area contributed by atoms with E-state index in [1.165, 1.54) is 42.6 Å². The lowest BCUT2D eigenvalue weighted by molar-refractivity contribution is 0.172. The molecule has 19 heavy (non-hydrogen) atoms. The highest BCUT2D eigenvalue weighted by Gasteiger charge is 2.24. The Labute approximate surface area is 124 Å². The Morgan fingerprint density at radius 2 is 2.05 bits per heavy atom. The van der Waals surface area contributed by atoms with Gasteiger partial charge < -0.3 is 4.90 Å². The molecular formula is C14H25BrN4. The standard InChI is InChI=1S/C14H25BrN4/c1-5-12-9-17(3)7-6-8-19(12)10-13-14(15)11(2)16-18(13)4/h12H,5-10H2,1-4H3. The lowest BCUT2D eigenvalue weighted by Gasteiger charge is -2.30. The molecule has 2 heterocycles. The SMILES string of the molecule is CCC1CN(C)CCCN1Cc1c(Br)c(C)nn1C. The molecule has 0 aromatic carbocycles. The second kappa shape index (κ2) is 6.37. The molecule has 1 aromatic rings. The minimum atomic E-state index is 0.648. The fourth-order valence-electron chi connectivity index (χ4n) is 2.93. The van der Waals surface area contributed by atoms with Gasteiger partial charge in [0.25, 0.3) is 0 Å². The number of nitrogens with zero attached hydrogens (tertiary/aromatic N) is 4. The van der Waals surface area contributed by atoms with Gasteiger partial charge in [-0.25, -0.2) is 0 Å². The molecule has 0 amide bonds. The first-order valence-electron chi connectivity index (χ1n) is 7.13. The van der Waals surface area contributed by atoms with E-state index in [2.05, 4.69) is 51.7 Å². The van der Waals surface area contributed by atoms with Crippen molar-refractivity contribution in [2.24, 2.45) is 7.05 Å². The van der Waals surface area contributed by atoms with Gasteiger partial charge in [-0.05, 0) is 49.3 Å². The molecule has 1 aliphatic rings. The summed E-state index contributed by atoms with van der Waals surface area (Å²) < 4.78 is 3.18. The molecule has 4 nitrogen and oxygen atoms in total. The first-order valence-corrected chi connectivity index (χ1v) is 7.92. The summed E-state index contributed by atoms with van der Waals surface area (Å²) in [6.45, 7) is 8.90. The molecule has 2 rings (SSSR count). The molecule has 1 atom stereocenters. The van der Waals surface area contributed by atoms with E-state index in [1.807, 2.05) is 11.7 Å². The number of aromatic nitrogens is 2. The van der Waals surface area contributed by atoms with Crippen LogP contribution in [0.4, 0.5) is 0 Å². The Kier molecular flexibility index (Phi) is 5.03. The van der Waals surface area contributed by atoms with Crippen LogP contribution in [0.3, 0.4) is 0 Å². The zero-order valence-electron chi connectivity index (χ0n) is 12.5. The largest absolute Gasteiger partial charge is 0.305 e. The molecular weight excluding hydrogens is 304 g/mol. The molecule has 1 saturated heterocycles. The van der Waals surface area contributed by atoms with E-state index in [0.717, 1.165) is 12.2 Å². The molecule has 0 saturated carbocycles. The average Bonchev–Trinajstić information content (AvgIpc) is 2.54. The Morgan fingerprint density at radius 1 is 1.32 bits per heavy atom. The molecule has 1 unspecified atom stereocenters. The van der Waals surface area contributed by atoms with Crippen molar-refractivity contribution >= 4 is 15.9 Å². The molecule has 0 radical (unpaired) electrons. The number of halogens is 1. The zero-order chi connectivity index (χ0) is 14.0. The molecule has 1 fully saturated rings. The molecule has 0 aliphatic carbocycles. The second-order valence-corrected chi connectivity index (χ2v) is 6.41. The monoisotopic (exact) mass is 328 g/mol. The van der Waals surface area contributed by atoms with Gasteiger partial charge in [0.2, 0.25) is 0 Å². The second-order valence-electron chi connectivity index (χ2n) is 5.62. The third-order valence-electron chi connectivity index (χ3n) is 4.11. The van der Waals surface area contributed by atoms with Crippen molar-refractivity contribution in [3.05, 3.63) is 15.9 Å². The van der Waals surface area contributed by atoms with E-state index in [0.29, 0.717) is 6.04 Å². The van der Waals surface area contributed by atoms with Crippen LogP contribution in [-0.4, -0.2) is 52.3 Å². The fourth-order valence-corrected chi connectivity index (χ4v) is 3.39. The van der Waals surface area contributed by atoms with E-state index in [9.17, 15) is 0 Å². The topological polar surface area (TPSA) is 24.3 Å². The van der Waals surface area contributed by atoms with Gasteiger partial charge >= 0.3 is 0 Å². The minimum Gasteiger partial charge on any atom is -0.305 e. The summed E-state index contributed by atoms with van der Waals surface area (Å²) in [5, 5.41) is 4.50. The summed E-state index contributed by atoms with van der Waals surface area (Å²) in [6.07, 6.45) is 2.46. The Bertz CT molecular complexity index is 429. The minimum absolute atomic E-state index is 0.648. The smallest absolute Gasteiger partial charge is 0.0739 e. The van der Waals surface area contributed by atoms with E-state index in [-0.39, 0.29) is 0 Å². The van der Waals surface area contributed by atoms with Crippen LogP contribution in [0.15, 0.2) is 4.47 Å². The predicted octanol–water partition coefficient (Wildman–Crippen LogP) is 2.41. The lowest BCUT2D eigenvalue weighted by atomic mass is 10.1. The maximum Gasteiger partial charge on any atom is 0.0739 e. The predicted molar refractivity (Wildman–Crippen MR) is 82.2 cm³/mol. The normalized spacial score (nSPS) is 22.7. The van der Waals surface area contributed by atoms with Crippen LogP contribution in [0.5, 0.6) is 0 Å². The Balaban J connectivity index is 2.15. The summed E-state index contributed by atoms with van der Waals surface area (Å²) in [5.74, 6) is 0. The Morgan fingerprint density at radius 3 is 2.63 bits per heavy atom. The van der Waals surface area contributed by atoms with Crippen molar-refractivity contribution in [2.45, 2.75) is 39.3 Å². The van der Waals surface area contributed by atoms with E-state index >= 15 is 0 Å². The molecule has 0 N–H and O–H groups in total. The maximum absolute atomic E-state index is 4.50. The van der Waals surface area contributed by atoms with Gasteiger partial charge in [0.15, 0.2) is 0 Å². The van der Waals surface area contributed by atoms with Crippen LogP contribution in [0, 0.1) is 6.92 Å². The van der Waals surface area contributed by atoms with Crippen LogP contribution >= 0.6 is 15.9 Å². The molecule has 0 bridgehead atoms. The first kappa shape index (κ1) is 15.0. The zero-order valence-corrected chi connectivity index (χ0v) is 14.1. The van der Waals surface area contributed by atoms with E-state index in [1.54, 1.807) is 0 Å². The van der Waals surface area contributed by atoms with Gasteiger partial charge in [0.1, 0.15) is 0 Å². The van der Waals surface area contributed by atoms with Gasteiger partial charge in [-0.2, -0.15) is 5.10 Å². The van der Waals surface area contributed by atoms with Gasteiger partial charge in [-0.1, -0.05) is 6.92 Å². The van der Waals surface area contributed by atoms with Crippen LogP contribution < -0.4 is 0 Å². The van der Waals surface area contributed by atoms with Crippen molar-refractivity contribution in [1.29, 1.82) is 0 Å². The number of hydrogen-bond donors (Lipinski definition) is 0. The highest BCUT2D eigenvalue weighted by atomic mass is 79.9. The van der Waals surface area contributed by atoms with Crippen molar-refractivity contribution in [3.63, 3.8) is 0 Å². The van der Waals surface area contributed by atoms with Gasteiger partial charge in [-0.3, -0.25) is 9.58 Å². The third-order valence-corrected chi connectivity index (χ3v) is 5.14. The molecule has 0 spiro atoms. The summed E-state index contributed by atoms with van der Waals surface area (Å²) in [4.78, 5) is 5.07. The summed E-state index contributed by atoms with van der Waals surface area (Å²) >= 11 is 3.68. The van der Waals surface area contributed by atoms with Crippen LogP contribution in [0.2, 0.25) is 0 Å². The van der Waals surface area contributed by atoms with Crippen LogP contribution in [0.1, 0.15) is 31.2 Å². The van der Waals surface area contributed by atoms with Crippen molar-refractivity contribution < 1.29 is 0 Å². The third kappa shape index (κ3) is 3.38. The van der Waals surface area contributed by atoms with E-state index < -0.39 is 0 Å². The fraction of sp³-hybridized carbons (Fsp3) is 0.786. The van der Waals surface area contributed by atoms with Crippen molar-refractivity contribution in [2.75, 3.05) is 26.7 Å². The maximum atomic E-state index is 4.50. The van der Waals surface area contributed by atoms with Crippen molar-refractivity contribution in [1.82, 2.24) is 19.6 Å². The number of hydrogen-bond acceptors (Lipinski definition) is 3. The first-order chi connectivity index (χ1) is 9.02. The van der Waals surface area contributed by atoms with Gasteiger partial charge in [-0.15, -0.1) is 0 Å². The van der Waals surface area contributed by atoms with Crippen LogP contribution in [-0.2, 0) is 13.6 Å². The summed E-state index contributed by atoms with van der Waals surface area (Å²) in [5.41, 5.74) is 2.37. The number of rotatable bonds is 3. The summed E-state index contributed by atoms with van der Waals surface area (Å²) in [7, 11) is 4.27. The quantitative estimate of drug-likeness (QED) is 0.851. The van der Waals surface area contributed by atoms with E-state index in [4.69, 9.17) is 0 Å². The average molecular weight is 329 g/mol. The van der Waals surface area contributed by atoms with Gasteiger partial charge in [0, 0.05) is 32.7 Å². The molecule has 1 aliphatic heterocycles.